The minimum absolute atomic E-state index is 0.0232. The minimum Gasteiger partial charge on any atom is -0.381 e. The number of hydrogen-bond donors (Lipinski definition) is 1. The molecule has 6 heteroatoms. The van der Waals surface area contributed by atoms with E-state index in [0.717, 1.165) is 76.7 Å². The Labute approximate surface area is 149 Å². The molecule has 4 rings (SSSR count). The average molecular weight is 345 g/mol. The van der Waals surface area contributed by atoms with E-state index >= 15 is 0 Å². The highest BCUT2D eigenvalue weighted by Crippen LogP contribution is 2.31. The molecular formula is C19H27N3O3. The van der Waals surface area contributed by atoms with E-state index in [1.165, 1.54) is 0 Å². The van der Waals surface area contributed by atoms with Gasteiger partial charge >= 0.3 is 6.03 Å². The monoisotopic (exact) mass is 345 g/mol. The fraction of sp³-hybridized carbons (Fsp3) is 0.632. The number of nitrogens with zero attached hydrogens (tertiary/aromatic N) is 2. The molecule has 1 aromatic rings. The van der Waals surface area contributed by atoms with Crippen LogP contribution >= 0.6 is 0 Å². The van der Waals surface area contributed by atoms with Gasteiger partial charge in [-0.2, -0.15) is 0 Å². The number of anilines is 2. The number of carbonyl (C=O) groups is 1. The van der Waals surface area contributed by atoms with Crippen LogP contribution in [0.5, 0.6) is 0 Å². The molecule has 1 atom stereocenters. The molecule has 0 spiro atoms. The largest absolute Gasteiger partial charge is 0.381 e. The second-order valence-corrected chi connectivity index (χ2v) is 7.16. The van der Waals surface area contributed by atoms with E-state index in [-0.39, 0.29) is 6.03 Å². The highest BCUT2D eigenvalue weighted by molar-refractivity contribution is 5.93. The molecule has 136 valence electrons. The molecule has 2 aliphatic heterocycles. The number of morpholine rings is 1. The van der Waals surface area contributed by atoms with Gasteiger partial charge < -0.3 is 24.6 Å². The van der Waals surface area contributed by atoms with E-state index in [9.17, 15) is 4.79 Å². The predicted octanol–water partition coefficient (Wildman–Crippen LogP) is 2.56. The van der Waals surface area contributed by atoms with Crippen molar-refractivity contribution in [1.82, 2.24) is 4.90 Å². The number of para-hydroxylation sites is 2. The lowest BCUT2D eigenvalue weighted by Gasteiger charge is -2.31. The molecule has 6 nitrogen and oxygen atoms in total. The van der Waals surface area contributed by atoms with Crippen LogP contribution in [0.2, 0.25) is 0 Å². The SMILES string of the molecule is O=C(Nc1ccccc1N1CCOCC1)N(CC1CCOC1)C1CC1. The van der Waals surface area contributed by atoms with Crippen molar-refractivity contribution in [3.8, 4) is 0 Å². The number of carbonyl (C=O) groups excluding carboxylic acids is 1. The molecule has 1 saturated carbocycles. The molecule has 1 unspecified atom stereocenters. The van der Waals surface area contributed by atoms with E-state index in [2.05, 4.69) is 16.3 Å². The van der Waals surface area contributed by atoms with Gasteiger partial charge in [0.1, 0.15) is 0 Å². The van der Waals surface area contributed by atoms with E-state index in [4.69, 9.17) is 9.47 Å². The summed E-state index contributed by atoms with van der Waals surface area (Å²) in [6.07, 6.45) is 3.29. The summed E-state index contributed by atoms with van der Waals surface area (Å²) in [5.41, 5.74) is 1.97. The number of amides is 2. The minimum atomic E-state index is 0.0232. The molecule has 25 heavy (non-hydrogen) atoms. The summed E-state index contributed by atoms with van der Waals surface area (Å²) in [5, 5.41) is 3.17. The van der Waals surface area contributed by atoms with Gasteiger partial charge in [-0.15, -0.1) is 0 Å². The molecule has 0 aromatic heterocycles. The van der Waals surface area contributed by atoms with Gasteiger partial charge in [-0.3, -0.25) is 0 Å². The first kappa shape index (κ1) is 16.7. The summed E-state index contributed by atoms with van der Waals surface area (Å²) in [7, 11) is 0. The highest BCUT2D eigenvalue weighted by atomic mass is 16.5. The van der Waals surface area contributed by atoms with Gasteiger partial charge in [0.15, 0.2) is 0 Å². The van der Waals surface area contributed by atoms with Crippen molar-refractivity contribution in [2.45, 2.75) is 25.3 Å². The number of nitrogens with one attached hydrogen (secondary N) is 1. The van der Waals surface area contributed by atoms with Crippen LogP contribution in [0.15, 0.2) is 24.3 Å². The molecule has 0 radical (unpaired) electrons. The Kier molecular flexibility index (Phi) is 5.08. The fourth-order valence-electron chi connectivity index (χ4n) is 3.64. The molecule has 2 amide bonds. The molecule has 1 N–H and O–H groups in total. The zero-order valence-electron chi connectivity index (χ0n) is 14.7. The lowest BCUT2D eigenvalue weighted by Crippen LogP contribution is -2.41. The van der Waals surface area contributed by atoms with Crippen molar-refractivity contribution >= 4 is 17.4 Å². The summed E-state index contributed by atoms with van der Waals surface area (Å²) in [6.45, 7) is 5.59. The lowest BCUT2D eigenvalue weighted by molar-refractivity contribution is 0.123. The molecule has 2 heterocycles. The van der Waals surface area contributed by atoms with E-state index < -0.39 is 0 Å². The summed E-state index contributed by atoms with van der Waals surface area (Å²) >= 11 is 0. The Morgan fingerprint density at radius 2 is 1.92 bits per heavy atom. The number of rotatable bonds is 5. The van der Waals surface area contributed by atoms with Gasteiger partial charge in [0, 0.05) is 38.2 Å². The first-order chi connectivity index (χ1) is 12.3. The molecule has 0 bridgehead atoms. The fourth-order valence-corrected chi connectivity index (χ4v) is 3.64. The van der Waals surface area contributed by atoms with Crippen molar-refractivity contribution in [2.24, 2.45) is 5.92 Å². The van der Waals surface area contributed by atoms with E-state index in [1.807, 2.05) is 23.1 Å². The second kappa shape index (κ2) is 7.62. The summed E-state index contributed by atoms with van der Waals surface area (Å²) < 4.78 is 10.9. The van der Waals surface area contributed by atoms with E-state index in [0.29, 0.717) is 12.0 Å². The van der Waals surface area contributed by atoms with Gasteiger partial charge in [-0.05, 0) is 31.4 Å². The molecule has 1 aliphatic carbocycles. The van der Waals surface area contributed by atoms with Gasteiger partial charge in [-0.1, -0.05) is 12.1 Å². The maximum Gasteiger partial charge on any atom is 0.322 e. The van der Waals surface area contributed by atoms with Gasteiger partial charge in [0.2, 0.25) is 0 Å². The summed E-state index contributed by atoms with van der Waals surface area (Å²) in [4.78, 5) is 17.3. The molecule has 3 fully saturated rings. The van der Waals surface area contributed by atoms with Crippen molar-refractivity contribution < 1.29 is 14.3 Å². The van der Waals surface area contributed by atoms with Crippen LogP contribution in [-0.2, 0) is 9.47 Å². The molecule has 1 aromatic carbocycles. The van der Waals surface area contributed by atoms with Crippen LogP contribution in [0.25, 0.3) is 0 Å². The average Bonchev–Trinajstić information content (AvgIpc) is 3.36. The first-order valence-electron chi connectivity index (χ1n) is 9.38. The highest BCUT2D eigenvalue weighted by Gasteiger charge is 2.35. The number of urea groups is 1. The van der Waals surface area contributed by atoms with Crippen LogP contribution in [-0.4, -0.2) is 63.0 Å². The molecule has 3 aliphatic rings. The van der Waals surface area contributed by atoms with Gasteiger partial charge in [0.05, 0.1) is 31.2 Å². The van der Waals surface area contributed by atoms with Crippen LogP contribution < -0.4 is 10.2 Å². The Morgan fingerprint density at radius 1 is 1.12 bits per heavy atom. The van der Waals surface area contributed by atoms with Crippen molar-refractivity contribution in [3.63, 3.8) is 0 Å². The topological polar surface area (TPSA) is 54.0 Å². The lowest BCUT2D eigenvalue weighted by atomic mass is 10.1. The summed E-state index contributed by atoms with van der Waals surface area (Å²) in [5.74, 6) is 0.473. The standard InChI is InChI=1S/C19H27N3O3/c23-19(22(16-5-6-16)13-15-7-10-25-14-15)20-17-3-1-2-4-18(17)21-8-11-24-12-9-21/h1-4,15-16H,5-14H2,(H,20,23). The maximum atomic E-state index is 12.9. The zero-order valence-corrected chi connectivity index (χ0v) is 14.7. The predicted molar refractivity (Wildman–Crippen MR) is 97.1 cm³/mol. The Balaban J connectivity index is 1.45. The van der Waals surface area contributed by atoms with Crippen molar-refractivity contribution in [3.05, 3.63) is 24.3 Å². The second-order valence-electron chi connectivity index (χ2n) is 7.16. The smallest absolute Gasteiger partial charge is 0.322 e. The number of ether oxygens (including phenoxy) is 2. The Bertz CT molecular complexity index is 593. The van der Waals surface area contributed by atoms with E-state index in [1.54, 1.807) is 0 Å². The molecular weight excluding hydrogens is 318 g/mol. The van der Waals surface area contributed by atoms with Crippen LogP contribution in [0, 0.1) is 5.92 Å². The Hall–Kier alpha value is -1.79. The number of benzene rings is 1. The zero-order chi connectivity index (χ0) is 17.1. The third-order valence-corrected chi connectivity index (χ3v) is 5.22. The Morgan fingerprint density at radius 3 is 2.64 bits per heavy atom. The third kappa shape index (κ3) is 4.07. The maximum absolute atomic E-state index is 12.9. The quantitative estimate of drug-likeness (QED) is 0.891. The van der Waals surface area contributed by atoms with Gasteiger partial charge in [0.25, 0.3) is 0 Å². The first-order valence-corrected chi connectivity index (χ1v) is 9.38. The van der Waals surface area contributed by atoms with Crippen LogP contribution in [0.3, 0.4) is 0 Å². The molecule has 2 saturated heterocycles. The van der Waals surface area contributed by atoms with Crippen LogP contribution in [0.1, 0.15) is 19.3 Å². The van der Waals surface area contributed by atoms with Crippen molar-refractivity contribution in [2.75, 3.05) is 56.3 Å². The van der Waals surface area contributed by atoms with Gasteiger partial charge in [-0.25, -0.2) is 4.79 Å². The van der Waals surface area contributed by atoms with Crippen LogP contribution in [0.4, 0.5) is 16.2 Å². The summed E-state index contributed by atoms with van der Waals surface area (Å²) in [6, 6.07) is 8.49. The normalized spacial score (nSPS) is 23.5. The van der Waals surface area contributed by atoms with Crippen molar-refractivity contribution in [1.29, 1.82) is 0 Å². The number of hydrogen-bond acceptors (Lipinski definition) is 4. The third-order valence-electron chi connectivity index (χ3n) is 5.22.